The van der Waals surface area contributed by atoms with Crippen molar-refractivity contribution in [3.05, 3.63) is 45.4 Å². The van der Waals surface area contributed by atoms with Gasteiger partial charge in [0.2, 0.25) is 0 Å². The minimum atomic E-state index is -0.407. The number of rotatable bonds is 2. The first kappa shape index (κ1) is 14.2. The van der Waals surface area contributed by atoms with E-state index in [4.69, 9.17) is 35.4 Å². The maximum absolute atomic E-state index is 11.9. The number of hydrogen-bond acceptors (Lipinski definition) is 4. The van der Waals surface area contributed by atoms with Crippen LogP contribution in [0.1, 0.15) is 10.4 Å². The molecule has 0 spiro atoms. The van der Waals surface area contributed by atoms with Crippen molar-refractivity contribution in [2.45, 2.75) is 0 Å². The molecule has 1 aromatic heterocycles. The molecule has 0 unspecified atom stereocenters. The SMILES string of the molecule is O=C(NC(=S)Nc1nccs1)c1ccc(Cl)cc1Cl. The van der Waals surface area contributed by atoms with Crippen molar-refractivity contribution in [2.75, 3.05) is 5.32 Å². The highest BCUT2D eigenvalue weighted by Crippen LogP contribution is 2.20. The van der Waals surface area contributed by atoms with Gasteiger partial charge in [0.05, 0.1) is 10.6 Å². The maximum atomic E-state index is 11.9. The summed E-state index contributed by atoms with van der Waals surface area (Å²) < 4.78 is 0. The van der Waals surface area contributed by atoms with Gasteiger partial charge in [0.15, 0.2) is 10.2 Å². The van der Waals surface area contributed by atoms with Crippen molar-refractivity contribution in [1.29, 1.82) is 0 Å². The molecule has 8 heteroatoms. The summed E-state index contributed by atoms with van der Waals surface area (Å²) >= 11 is 18.1. The quantitative estimate of drug-likeness (QED) is 0.826. The second kappa shape index (κ2) is 6.29. The Kier molecular flexibility index (Phi) is 4.71. The van der Waals surface area contributed by atoms with Gasteiger partial charge in [-0.2, -0.15) is 0 Å². The lowest BCUT2D eigenvalue weighted by Crippen LogP contribution is -2.34. The van der Waals surface area contributed by atoms with Crippen LogP contribution in [0, 0.1) is 0 Å². The molecule has 2 N–H and O–H groups in total. The van der Waals surface area contributed by atoms with Crippen LogP contribution in [0.5, 0.6) is 0 Å². The average Bonchev–Trinajstić information content (AvgIpc) is 2.81. The largest absolute Gasteiger partial charge is 0.308 e. The molecular weight excluding hydrogens is 325 g/mol. The summed E-state index contributed by atoms with van der Waals surface area (Å²) in [5, 5.41) is 8.59. The molecule has 4 nitrogen and oxygen atoms in total. The number of nitrogens with one attached hydrogen (secondary N) is 2. The van der Waals surface area contributed by atoms with Crippen LogP contribution < -0.4 is 10.6 Å². The van der Waals surface area contributed by atoms with E-state index in [1.54, 1.807) is 17.6 Å². The maximum Gasteiger partial charge on any atom is 0.258 e. The van der Waals surface area contributed by atoms with Crippen LogP contribution in [0.25, 0.3) is 0 Å². The predicted molar refractivity (Wildman–Crippen MR) is 82.3 cm³/mol. The zero-order valence-corrected chi connectivity index (χ0v) is 12.5. The van der Waals surface area contributed by atoms with E-state index in [1.807, 2.05) is 0 Å². The molecule has 0 radical (unpaired) electrons. The van der Waals surface area contributed by atoms with Gasteiger partial charge in [-0.25, -0.2) is 4.98 Å². The molecule has 1 aromatic carbocycles. The van der Waals surface area contributed by atoms with Crippen molar-refractivity contribution in [2.24, 2.45) is 0 Å². The number of thiocarbonyl (C=S) groups is 1. The van der Waals surface area contributed by atoms with E-state index in [9.17, 15) is 4.79 Å². The molecule has 1 heterocycles. The number of halogens is 2. The number of carbonyl (C=O) groups is 1. The van der Waals surface area contributed by atoms with Crippen LogP contribution in [-0.2, 0) is 0 Å². The van der Waals surface area contributed by atoms with Crippen molar-refractivity contribution in [3.8, 4) is 0 Å². The summed E-state index contributed by atoms with van der Waals surface area (Å²) in [6, 6.07) is 4.61. The van der Waals surface area contributed by atoms with Gasteiger partial charge < -0.3 is 5.32 Å². The van der Waals surface area contributed by atoms with Crippen molar-refractivity contribution in [1.82, 2.24) is 10.3 Å². The normalized spacial score (nSPS) is 10.0. The first-order valence-electron chi connectivity index (χ1n) is 5.03. The molecule has 2 rings (SSSR count). The molecule has 0 bridgehead atoms. The third kappa shape index (κ3) is 3.87. The number of amides is 1. The summed E-state index contributed by atoms with van der Waals surface area (Å²) in [5.74, 6) is -0.407. The van der Waals surface area contributed by atoms with Gasteiger partial charge >= 0.3 is 0 Å². The fourth-order valence-corrected chi connectivity index (χ4v) is 2.54. The van der Waals surface area contributed by atoms with E-state index >= 15 is 0 Å². The monoisotopic (exact) mass is 331 g/mol. The molecule has 0 aliphatic heterocycles. The average molecular weight is 332 g/mol. The molecule has 0 atom stereocenters. The van der Waals surface area contributed by atoms with E-state index in [0.717, 1.165) is 0 Å². The van der Waals surface area contributed by atoms with Crippen LogP contribution in [0.2, 0.25) is 10.0 Å². The van der Waals surface area contributed by atoms with Gasteiger partial charge in [-0.05, 0) is 30.4 Å². The number of nitrogens with zero attached hydrogens (tertiary/aromatic N) is 1. The highest BCUT2D eigenvalue weighted by atomic mass is 35.5. The molecular formula is C11H7Cl2N3OS2. The fourth-order valence-electron chi connectivity index (χ4n) is 1.26. The van der Waals surface area contributed by atoms with E-state index < -0.39 is 5.91 Å². The zero-order valence-electron chi connectivity index (χ0n) is 9.31. The summed E-state index contributed by atoms with van der Waals surface area (Å²) in [7, 11) is 0. The minimum Gasteiger partial charge on any atom is -0.308 e. The third-order valence-corrected chi connectivity index (χ3v) is 3.50. The molecule has 0 saturated carbocycles. The lowest BCUT2D eigenvalue weighted by Gasteiger charge is -2.08. The molecule has 98 valence electrons. The molecule has 0 saturated heterocycles. The topological polar surface area (TPSA) is 54.0 Å². The molecule has 0 aliphatic rings. The second-order valence-electron chi connectivity index (χ2n) is 3.37. The molecule has 2 aromatic rings. The van der Waals surface area contributed by atoms with E-state index in [1.165, 1.54) is 23.5 Å². The van der Waals surface area contributed by atoms with Gasteiger partial charge in [-0.15, -0.1) is 11.3 Å². The Balaban J connectivity index is 2.02. The number of aromatic nitrogens is 1. The Morgan fingerprint density at radius 1 is 1.37 bits per heavy atom. The summed E-state index contributed by atoms with van der Waals surface area (Å²) in [5.41, 5.74) is 0.300. The summed E-state index contributed by atoms with van der Waals surface area (Å²) in [4.78, 5) is 15.9. The van der Waals surface area contributed by atoms with Crippen molar-refractivity contribution in [3.63, 3.8) is 0 Å². The number of carbonyl (C=O) groups excluding carboxylic acids is 1. The van der Waals surface area contributed by atoms with E-state index in [2.05, 4.69) is 15.6 Å². The highest BCUT2D eigenvalue weighted by molar-refractivity contribution is 7.80. The van der Waals surface area contributed by atoms with E-state index in [-0.39, 0.29) is 10.1 Å². The molecule has 1 amide bonds. The molecule has 0 fully saturated rings. The van der Waals surface area contributed by atoms with Crippen molar-refractivity contribution >= 4 is 62.9 Å². The van der Waals surface area contributed by atoms with Crippen LogP contribution >= 0.6 is 46.8 Å². The van der Waals surface area contributed by atoms with Gasteiger partial charge in [0.1, 0.15) is 0 Å². The summed E-state index contributed by atoms with van der Waals surface area (Å²) in [6.45, 7) is 0. The van der Waals surface area contributed by atoms with Gasteiger partial charge in [-0.1, -0.05) is 23.2 Å². The number of thiazole rings is 1. The van der Waals surface area contributed by atoms with Crippen LogP contribution in [0.4, 0.5) is 5.13 Å². The van der Waals surface area contributed by atoms with Gasteiger partial charge in [-0.3, -0.25) is 10.1 Å². The Morgan fingerprint density at radius 3 is 2.79 bits per heavy atom. The fraction of sp³-hybridized carbons (Fsp3) is 0. The standard InChI is InChI=1S/C11H7Cl2N3OS2/c12-6-1-2-7(8(13)5-6)9(17)15-10(18)16-11-14-3-4-19-11/h1-5H,(H2,14,15,16,17,18). The Hall–Kier alpha value is -1.21. The predicted octanol–water partition coefficient (Wildman–Crippen LogP) is 3.58. The van der Waals surface area contributed by atoms with Gasteiger partial charge in [0.25, 0.3) is 5.91 Å². The Labute approximate surface area is 128 Å². The second-order valence-corrected chi connectivity index (χ2v) is 5.52. The summed E-state index contributed by atoms with van der Waals surface area (Å²) in [6.07, 6.45) is 1.63. The Bertz CT molecular complexity index is 616. The Morgan fingerprint density at radius 2 is 2.16 bits per heavy atom. The molecule has 0 aliphatic carbocycles. The molecule has 19 heavy (non-hydrogen) atoms. The number of anilines is 1. The highest BCUT2D eigenvalue weighted by Gasteiger charge is 2.12. The number of benzene rings is 1. The smallest absolute Gasteiger partial charge is 0.258 e. The first-order valence-corrected chi connectivity index (χ1v) is 7.07. The van der Waals surface area contributed by atoms with Crippen molar-refractivity contribution < 1.29 is 4.79 Å². The van der Waals surface area contributed by atoms with Crippen LogP contribution in [0.15, 0.2) is 29.8 Å². The first-order chi connectivity index (χ1) is 9.06. The van der Waals surface area contributed by atoms with Crippen LogP contribution in [-0.4, -0.2) is 16.0 Å². The zero-order chi connectivity index (χ0) is 13.8. The number of hydrogen-bond donors (Lipinski definition) is 2. The third-order valence-electron chi connectivity index (χ3n) is 2.06. The van der Waals surface area contributed by atoms with E-state index in [0.29, 0.717) is 15.7 Å². The lowest BCUT2D eigenvalue weighted by molar-refractivity contribution is 0.0978. The lowest BCUT2D eigenvalue weighted by atomic mass is 10.2. The van der Waals surface area contributed by atoms with Gasteiger partial charge in [0, 0.05) is 16.6 Å². The minimum absolute atomic E-state index is 0.158. The van der Waals surface area contributed by atoms with Crippen LogP contribution in [0.3, 0.4) is 0 Å².